The van der Waals surface area contributed by atoms with Crippen LogP contribution in [0.25, 0.3) is 0 Å². The Morgan fingerprint density at radius 1 is 0.491 bits per heavy atom. The molecule has 8 rings (SSSR count). The Balaban J connectivity index is 0.000000173. The van der Waals surface area contributed by atoms with Gasteiger partial charge in [0, 0.05) is 0 Å². The Labute approximate surface area is 333 Å². The third-order valence-corrected chi connectivity index (χ3v) is 13.7. The molecule has 6 aromatic rings. The Morgan fingerprint density at radius 3 is 0.868 bits per heavy atom. The predicted octanol–water partition coefficient (Wildman–Crippen LogP) is 10.1. The van der Waals surface area contributed by atoms with Crippen molar-refractivity contribution in [2.24, 2.45) is 4.99 Å². The summed E-state index contributed by atoms with van der Waals surface area (Å²) in [5.41, 5.74) is -0.234. The molecule has 270 valence electrons. The summed E-state index contributed by atoms with van der Waals surface area (Å²) in [6, 6.07) is 64.7. The van der Waals surface area contributed by atoms with Crippen LogP contribution in [0.1, 0.15) is 46.0 Å². The summed E-state index contributed by atoms with van der Waals surface area (Å²) in [7, 11) is -0.892. The number of ether oxygens (including phenoxy) is 1. The predicted molar refractivity (Wildman–Crippen MR) is 230 cm³/mol. The maximum Gasteiger partial charge on any atom is 2.00 e. The molecule has 0 aromatic heterocycles. The van der Waals surface area contributed by atoms with Gasteiger partial charge in [-0.1, -0.05) is 220 Å². The van der Waals surface area contributed by atoms with Gasteiger partial charge in [0.15, 0.2) is 0 Å². The number of hydrogen-bond acceptors (Lipinski definition) is 2. The molecule has 53 heavy (non-hydrogen) atoms. The van der Waals surface area contributed by atoms with Crippen LogP contribution in [0.2, 0.25) is 0 Å². The van der Waals surface area contributed by atoms with E-state index in [-0.39, 0.29) is 31.1 Å². The van der Waals surface area contributed by atoms with Crippen LogP contribution < -0.4 is 31.8 Å². The molecule has 0 spiro atoms. The average molecular weight is 820 g/mol. The second kappa shape index (κ2) is 22.9. The van der Waals surface area contributed by atoms with Gasteiger partial charge < -0.3 is 9.73 Å². The van der Waals surface area contributed by atoms with E-state index >= 15 is 0 Å². The van der Waals surface area contributed by atoms with Crippen molar-refractivity contribution in [3.05, 3.63) is 195 Å². The Bertz CT molecular complexity index is 1560. The molecular formula is C48H50NOP2Ru+. The molecule has 0 radical (unpaired) electrons. The van der Waals surface area contributed by atoms with Crippen molar-refractivity contribution in [2.75, 3.05) is 0 Å². The van der Waals surface area contributed by atoms with E-state index in [1.54, 1.807) is 6.08 Å². The number of aliphatic imine (C=N–C) groups is 1. The summed E-state index contributed by atoms with van der Waals surface area (Å²) in [6.07, 6.45) is 11.7. The first-order valence-electron chi connectivity index (χ1n) is 18.2. The molecule has 1 heterocycles. The third-order valence-electron chi connectivity index (χ3n) is 8.77. The SMILES string of the molecule is C1CCCC1.C=CC1N=[C-]OC1(C)C.[Ru+2].c1ccc(P(c2ccccc2)c2ccccc2)cc1.c1ccc(P(c2ccccc2)c2ccccc2)cc1. The Hall–Kier alpha value is -3.99. The summed E-state index contributed by atoms with van der Waals surface area (Å²) in [4.78, 5) is 3.92. The number of nitrogens with zero attached hydrogens (tertiary/aromatic N) is 1. The van der Waals surface area contributed by atoms with Gasteiger partial charge >= 0.3 is 19.5 Å². The van der Waals surface area contributed by atoms with Crippen LogP contribution in [-0.4, -0.2) is 18.0 Å². The quantitative estimate of drug-likeness (QED) is 0.0681. The Kier molecular flexibility index (Phi) is 18.1. The van der Waals surface area contributed by atoms with Gasteiger partial charge in [0.2, 0.25) is 0 Å². The van der Waals surface area contributed by atoms with Crippen LogP contribution in [0.5, 0.6) is 0 Å². The van der Waals surface area contributed by atoms with E-state index in [0.29, 0.717) is 0 Å². The van der Waals surface area contributed by atoms with Crippen LogP contribution in [0.3, 0.4) is 0 Å². The van der Waals surface area contributed by atoms with Crippen LogP contribution in [0, 0.1) is 0 Å². The minimum absolute atomic E-state index is 0. The van der Waals surface area contributed by atoms with Gasteiger partial charge in [0.1, 0.15) is 0 Å². The molecule has 6 aromatic carbocycles. The minimum atomic E-state index is -0.446. The van der Waals surface area contributed by atoms with Gasteiger partial charge in [0.05, 0.1) is 11.6 Å². The molecule has 0 amide bonds. The molecule has 1 aliphatic carbocycles. The maximum absolute atomic E-state index is 5.06. The zero-order valence-corrected chi connectivity index (χ0v) is 34.3. The van der Waals surface area contributed by atoms with Gasteiger partial charge in [-0.3, -0.25) is 0 Å². The molecule has 1 atom stereocenters. The molecule has 2 nitrogen and oxygen atoms in total. The van der Waals surface area contributed by atoms with Crippen LogP contribution in [0.15, 0.2) is 200 Å². The van der Waals surface area contributed by atoms with Crippen molar-refractivity contribution in [1.82, 2.24) is 0 Å². The zero-order valence-electron chi connectivity index (χ0n) is 30.8. The van der Waals surface area contributed by atoms with Crippen LogP contribution in [0.4, 0.5) is 0 Å². The van der Waals surface area contributed by atoms with Crippen molar-refractivity contribution >= 4 is 54.1 Å². The van der Waals surface area contributed by atoms with Crippen LogP contribution >= 0.6 is 15.8 Å². The van der Waals surface area contributed by atoms with E-state index < -0.39 is 15.8 Å². The van der Waals surface area contributed by atoms with Gasteiger partial charge in [-0.15, -0.1) is 6.58 Å². The van der Waals surface area contributed by atoms with E-state index in [2.05, 4.69) is 200 Å². The molecule has 1 saturated carbocycles. The fourth-order valence-electron chi connectivity index (χ4n) is 5.99. The number of rotatable bonds is 7. The number of benzene rings is 6. The fourth-order valence-corrected chi connectivity index (χ4v) is 10.6. The molecule has 1 unspecified atom stereocenters. The summed E-state index contributed by atoms with van der Waals surface area (Å²) in [5, 5.41) is 8.39. The standard InChI is InChI=1S/2C18H15P.C7H10NO.C5H10.Ru/c2*1-4-10-16(11-5-1)19(17-12-6-2-7-13-17)18-14-8-3-9-15-18;1-4-6-7(2,3)9-5-8-6;1-2-4-5-3-1;/h2*1-15H;4,6H,1H2,2-3H3;1-5H2;/q;;-1;;+2. The molecule has 0 saturated heterocycles. The third kappa shape index (κ3) is 13.1. The van der Waals surface area contributed by atoms with E-state index in [9.17, 15) is 0 Å². The first kappa shape index (κ1) is 41.8. The van der Waals surface area contributed by atoms with Crippen molar-refractivity contribution in [2.45, 2.75) is 57.6 Å². The van der Waals surface area contributed by atoms with E-state index in [0.717, 1.165) is 0 Å². The summed E-state index contributed by atoms with van der Waals surface area (Å²) >= 11 is 0. The smallest absolute Gasteiger partial charge is 0.669 e. The average Bonchev–Trinajstić information content (AvgIpc) is 3.91. The van der Waals surface area contributed by atoms with Gasteiger partial charge in [-0.25, -0.2) is 6.40 Å². The first-order valence-corrected chi connectivity index (χ1v) is 20.9. The molecule has 5 heteroatoms. The van der Waals surface area contributed by atoms with Crippen molar-refractivity contribution in [1.29, 1.82) is 0 Å². The summed E-state index contributed by atoms with van der Waals surface area (Å²) in [5.74, 6) is 0. The normalized spacial score (nSPS) is 14.9. The topological polar surface area (TPSA) is 21.6 Å². The second-order valence-corrected chi connectivity index (χ2v) is 17.5. The second-order valence-electron chi connectivity index (χ2n) is 13.1. The van der Waals surface area contributed by atoms with Gasteiger partial charge in [-0.2, -0.15) is 0 Å². The fraction of sp³-hybridized carbons (Fsp3) is 0.188. The molecule has 0 N–H and O–H groups in total. The molecular weight excluding hydrogens is 770 g/mol. The van der Waals surface area contributed by atoms with E-state index in [1.807, 2.05) is 13.8 Å². The minimum Gasteiger partial charge on any atom is -0.669 e. The first-order chi connectivity index (χ1) is 25.6. The van der Waals surface area contributed by atoms with Crippen LogP contribution in [-0.2, 0) is 24.2 Å². The molecule has 1 fully saturated rings. The van der Waals surface area contributed by atoms with E-state index in [1.165, 1.54) is 63.9 Å². The van der Waals surface area contributed by atoms with Crippen molar-refractivity contribution in [3.8, 4) is 0 Å². The summed E-state index contributed by atoms with van der Waals surface area (Å²) < 4.78 is 5.06. The van der Waals surface area contributed by atoms with Gasteiger partial charge in [0.25, 0.3) is 0 Å². The van der Waals surface area contributed by atoms with Gasteiger partial charge in [-0.05, 0) is 61.5 Å². The molecule has 1 aliphatic heterocycles. The zero-order chi connectivity index (χ0) is 36.3. The largest absolute Gasteiger partial charge is 2.00 e. The monoisotopic (exact) mass is 820 g/mol. The molecule has 0 bridgehead atoms. The van der Waals surface area contributed by atoms with Crippen molar-refractivity contribution in [3.63, 3.8) is 0 Å². The Morgan fingerprint density at radius 2 is 0.717 bits per heavy atom. The van der Waals surface area contributed by atoms with Crippen molar-refractivity contribution < 1.29 is 24.2 Å². The summed E-state index contributed by atoms with van der Waals surface area (Å²) in [6.45, 7) is 7.55. The number of hydrogen-bond donors (Lipinski definition) is 0. The maximum atomic E-state index is 5.06. The van der Waals surface area contributed by atoms with E-state index in [4.69, 9.17) is 4.74 Å². The molecule has 2 aliphatic rings.